The molecule has 0 aromatic heterocycles. The Hall–Kier alpha value is -6.76. The molecule has 30 heteroatoms. The fraction of sp³-hybridized carbons (Fsp3) is 0.733. The largest absolute Gasteiger partial charge is 0.481 e. The molecule has 0 saturated carbocycles. The van der Waals surface area contributed by atoms with Crippen molar-refractivity contribution in [2.75, 3.05) is 39.5 Å². The van der Waals surface area contributed by atoms with Crippen LogP contribution in [0.4, 0.5) is 0 Å². The molecule has 0 heterocycles. The lowest BCUT2D eigenvalue weighted by Crippen LogP contribution is -2.61. The van der Waals surface area contributed by atoms with E-state index < -0.39 is 159 Å². The van der Waals surface area contributed by atoms with E-state index in [4.69, 9.17) is 22.9 Å². The molecule has 9 amide bonds. The summed E-state index contributed by atoms with van der Waals surface area (Å²) in [5.74, 6) is -12.5. The number of rotatable bonds is 38. The lowest BCUT2D eigenvalue weighted by Gasteiger charge is -2.26. The summed E-state index contributed by atoms with van der Waals surface area (Å²) < 4.78 is 0. The van der Waals surface area contributed by atoms with Crippen molar-refractivity contribution in [3.05, 3.63) is 0 Å². The fourth-order valence-electron chi connectivity index (χ4n) is 6.79. The summed E-state index contributed by atoms with van der Waals surface area (Å²) in [4.78, 5) is 146. The van der Waals surface area contributed by atoms with Gasteiger partial charge in [-0.2, -0.15) is 0 Å². The van der Waals surface area contributed by atoms with Gasteiger partial charge in [0.25, 0.3) is 0 Å². The van der Waals surface area contributed by atoms with E-state index in [-0.39, 0.29) is 68.9 Å². The number of nitrogens with zero attached hydrogens (tertiary/aromatic N) is 1. The van der Waals surface area contributed by atoms with Gasteiger partial charge in [-0.3, -0.25) is 52.9 Å². The minimum atomic E-state index is -1.89. The first kappa shape index (κ1) is 68.2. The number of amides is 9. The smallest absolute Gasteiger partial charge is 0.326 e. The Kier molecular flexibility index (Phi) is 33.0. The van der Waals surface area contributed by atoms with E-state index in [1.807, 2.05) is 13.8 Å². The van der Waals surface area contributed by atoms with Crippen LogP contribution in [-0.4, -0.2) is 190 Å². The van der Waals surface area contributed by atoms with Crippen LogP contribution in [0.25, 0.3) is 0 Å². The van der Waals surface area contributed by atoms with Crippen LogP contribution in [0.1, 0.15) is 99.3 Å². The number of aliphatic imine (C=N–C) groups is 1. The third-order valence-corrected chi connectivity index (χ3v) is 11.0. The van der Waals surface area contributed by atoms with E-state index >= 15 is 0 Å². The molecule has 0 aromatic rings. The van der Waals surface area contributed by atoms with Crippen LogP contribution in [0.15, 0.2) is 4.99 Å². The number of aliphatic carboxylic acids is 2. The van der Waals surface area contributed by atoms with Crippen LogP contribution >= 0.6 is 0 Å². The molecule has 22 N–H and O–H groups in total. The third-order valence-electron chi connectivity index (χ3n) is 11.0. The molecule has 0 aliphatic heterocycles. The zero-order valence-corrected chi connectivity index (χ0v) is 43.5. The minimum absolute atomic E-state index is 0.00154. The number of hydrogen-bond donors (Lipinski definition) is 18. The highest BCUT2D eigenvalue weighted by atomic mass is 16.4. The first-order valence-electron chi connectivity index (χ1n) is 24.6. The van der Waals surface area contributed by atoms with Crippen molar-refractivity contribution in [1.82, 2.24) is 47.9 Å². The van der Waals surface area contributed by atoms with Gasteiger partial charge < -0.3 is 96.3 Å². The summed E-state index contributed by atoms with van der Waals surface area (Å²) in [5, 5.41) is 69.9. The summed E-state index contributed by atoms with van der Waals surface area (Å²) in [6.45, 7) is 6.62. The summed E-state index contributed by atoms with van der Waals surface area (Å²) in [6, 6.07) is -13.4. The maximum absolute atomic E-state index is 13.6. The van der Waals surface area contributed by atoms with E-state index in [9.17, 15) is 78.3 Å². The van der Waals surface area contributed by atoms with Crippen molar-refractivity contribution in [3.8, 4) is 0 Å². The van der Waals surface area contributed by atoms with Gasteiger partial charge in [0, 0.05) is 13.0 Å². The molecule has 75 heavy (non-hydrogen) atoms. The van der Waals surface area contributed by atoms with Gasteiger partial charge in [0.2, 0.25) is 53.2 Å². The van der Waals surface area contributed by atoms with Crippen molar-refractivity contribution in [2.24, 2.45) is 45.7 Å². The summed E-state index contributed by atoms with van der Waals surface area (Å²) >= 11 is 0. The van der Waals surface area contributed by atoms with E-state index in [0.29, 0.717) is 12.8 Å². The second-order valence-electron chi connectivity index (χ2n) is 18.8. The predicted molar refractivity (Wildman–Crippen MR) is 269 cm³/mol. The van der Waals surface area contributed by atoms with Crippen LogP contribution in [-0.2, 0) is 52.7 Å². The molecule has 0 radical (unpaired) electrons. The van der Waals surface area contributed by atoms with Crippen LogP contribution in [0.2, 0.25) is 0 Å². The molecular formula is C45H82N14O16. The molecule has 428 valence electrons. The third kappa shape index (κ3) is 27.9. The number of carbonyl (C=O) groups excluding carboxylic acids is 9. The monoisotopic (exact) mass is 1070 g/mol. The lowest BCUT2D eigenvalue weighted by atomic mass is 10.00. The molecule has 0 saturated heterocycles. The van der Waals surface area contributed by atoms with Gasteiger partial charge in [-0.25, -0.2) is 4.79 Å². The Morgan fingerprint density at radius 3 is 1.29 bits per heavy atom. The Bertz CT molecular complexity index is 1940. The quantitative estimate of drug-likeness (QED) is 0.0155. The molecule has 0 bridgehead atoms. The summed E-state index contributed by atoms with van der Waals surface area (Å²) in [5.41, 5.74) is 22.4. The van der Waals surface area contributed by atoms with Crippen LogP contribution in [0, 0.1) is 17.8 Å². The maximum atomic E-state index is 13.6. The molecule has 0 aliphatic rings. The fourth-order valence-corrected chi connectivity index (χ4v) is 6.79. The maximum Gasteiger partial charge on any atom is 0.326 e. The number of carboxylic acids is 2. The minimum Gasteiger partial charge on any atom is -0.481 e. The molecule has 0 rings (SSSR count). The van der Waals surface area contributed by atoms with Gasteiger partial charge >= 0.3 is 11.9 Å². The lowest BCUT2D eigenvalue weighted by molar-refractivity contribution is -0.143. The highest BCUT2D eigenvalue weighted by Gasteiger charge is 2.34. The highest BCUT2D eigenvalue weighted by Crippen LogP contribution is 2.11. The molecule has 0 fully saturated rings. The summed E-state index contributed by atoms with van der Waals surface area (Å²) in [7, 11) is 0. The van der Waals surface area contributed by atoms with Gasteiger partial charge in [0.1, 0.15) is 48.3 Å². The number of unbranched alkanes of at least 4 members (excludes halogenated alkanes) is 1. The van der Waals surface area contributed by atoms with Crippen molar-refractivity contribution in [3.63, 3.8) is 0 Å². The zero-order chi connectivity index (χ0) is 57.5. The van der Waals surface area contributed by atoms with Crippen molar-refractivity contribution in [2.45, 2.75) is 154 Å². The number of guanidine groups is 1. The van der Waals surface area contributed by atoms with Crippen LogP contribution < -0.4 is 70.8 Å². The van der Waals surface area contributed by atoms with Crippen molar-refractivity contribution in [1.29, 1.82) is 0 Å². The van der Waals surface area contributed by atoms with Gasteiger partial charge in [0.05, 0.1) is 32.4 Å². The standard InChI is InChI=1S/C45H82N14O16/c1-22(2)16-28(56-43(73)35(47)24(5)6)39(69)53-25(10-7-8-14-46)36(66)51-18-33(63)52-30(19-60)40(70)54-26(11-9-15-50-45(48)49)37(67)58-32(21-62)42(72)59-31(20-61)41(71)55-27(12-13-34(64)65)38(68)57-29(44(74)75)17-23(3)4/h22-32,35,60-62H,7-21,46-47H2,1-6H3,(H,51,66)(H,52,63)(H,53,69)(H,54,70)(H,55,71)(H,56,73)(H,57,68)(H,58,67)(H,59,72)(H,64,65)(H,74,75)(H4,48,49,50)/t25-,26-,27-,28-,29-,30-,31-,32-,35-/m0/s1. The molecule has 0 spiro atoms. The van der Waals surface area contributed by atoms with Gasteiger partial charge in [0.15, 0.2) is 5.96 Å². The van der Waals surface area contributed by atoms with Gasteiger partial charge in [-0.05, 0) is 75.7 Å². The number of aliphatic hydroxyl groups excluding tert-OH is 3. The van der Waals surface area contributed by atoms with E-state index in [2.05, 4.69) is 52.8 Å². The number of carboxylic acid groups (broad SMARTS) is 2. The SMILES string of the molecule is CC(C)C[C@H](NC(=O)[C@H](CCC(=O)O)NC(=O)[C@H](CO)NC(=O)[C@H](CO)NC(=O)[C@H](CCCN=C(N)N)NC(=O)[C@H](CO)NC(=O)CNC(=O)[C@H](CCCCN)NC(=O)[C@H](CC(C)C)NC(=O)[C@@H](N)C(C)C)C(=O)O. The molecule has 0 unspecified atom stereocenters. The summed E-state index contributed by atoms with van der Waals surface area (Å²) in [6.07, 6.45) is -0.329. The molecule has 9 atom stereocenters. The molecule has 0 aliphatic carbocycles. The zero-order valence-electron chi connectivity index (χ0n) is 43.5. The van der Waals surface area contributed by atoms with Crippen molar-refractivity contribution < 1.29 is 78.3 Å². The number of aliphatic hydroxyl groups is 3. The Balaban J connectivity index is 6.18. The van der Waals surface area contributed by atoms with Crippen LogP contribution in [0.5, 0.6) is 0 Å². The number of nitrogens with two attached hydrogens (primary N) is 4. The average Bonchev–Trinajstić information content (AvgIpc) is 3.33. The Morgan fingerprint density at radius 1 is 0.480 bits per heavy atom. The highest BCUT2D eigenvalue weighted by molar-refractivity contribution is 5.98. The predicted octanol–water partition coefficient (Wildman–Crippen LogP) is -6.83. The second-order valence-corrected chi connectivity index (χ2v) is 18.8. The van der Waals surface area contributed by atoms with E-state index in [1.54, 1.807) is 27.7 Å². The second kappa shape index (κ2) is 36.2. The molecule has 0 aromatic carbocycles. The van der Waals surface area contributed by atoms with Gasteiger partial charge in [-0.15, -0.1) is 0 Å². The number of nitrogens with one attached hydrogen (secondary N) is 9. The first-order valence-corrected chi connectivity index (χ1v) is 24.6. The first-order chi connectivity index (χ1) is 35.1. The van der Waals surface area contributed by atoms with E-state index in [0.717, 1.165) is 0 Å². The molecule has 30 nitrogen and oxygen atoms in total. The normalized spacial score (nSPS) is 14.7. The van der Waals surface area contributed by atoms with Gasteiger partial charge in [-0.1, -0.05) is 41.5 Å². The van der Waals surface area contributed by atoms with Crippen LogP contribution in [0.3, 0.4) is 0 Å². The average molecular weight is 1080 g/mol. The van der Waals surface area contributed by atoms with E-state index in [1.165, 1.54) is 0 Å². The number of carbonyl (C=O) groups is 11. The topological polar surface area (TPSA) is 514 Å². The Labute approximate surface area is 435 Å². The molecular weight excluding hydrogens is 993 g/mol. The number of hydrogen-bond acceptors (Lipinski definition) is 17. The van der Waals surface area contributed by atoms with Crippen molar-refractivity contribution >= 4 is 71.1 Å². The Morgan fingerprint density at radius 2 is 0.867 bits per heavy atom.